The molecule has 0 aliphatic heterocycles. The molecule has 6 nitrogen and oxygen atoms in total. The van der Waals surface area contributed by atoms with Crippen molar-refractivity contribution >= 4 is 28.9 Å². The molecular weight excluding hydrogens is 318 g/mol. The number of rotatable bonds is 6. The maximum absolute atomic E-state index is 12.3. The van der Waals surface area contributed by atoms with Crippen LogP contribution in [-0.2, 0) is 11.8 Å². The van der Waals surface area contributed by atoms with E-state index in [1.165, 1.54) is 23.1 Å². The quantitative estimate of drug-likeness (QED) is 0.755. The molecule has 0 amide bonds. The molecule has 1 saturated carbocycles. The van der Waals surface area contributed by atoms with Crippen LogP contribution < -0.4 is 0 Å². The summed E-state index contributed by atoms with van der Waals surface area (Å²) in [7, 11) is 1.92. The van der Waals surface area contributed by atoms with Crippen molar-refractivity contribution in [1.29, 1.82) is 5.26 Å². The summed E-state index contributed by atoms with van der Waals surface area (Å²) in [5.74, 6) is 0.781. The van der Waals surface area contributed by atoms with Crippen molar-refractivity contribution in [3.05, 3.63) is 21.9 Å². The fourth-order valence-corrected chi connectivity index (χ4v) is 3.82. The average Bonchev–Trinajstić information content (AvgIpc) is 3.15. The van der Waals surface area contributed by atoms with Gasteiger partial charge in [-0.2, -0.15) is 5.26 Å². The van der Waals surface area contributed by atoms with Crippen molar-refractivity contribution in [3.63, 3.8) is 0 Å². The largest absolute Gasteiger partial charge is 0.309 e. The first-order valence-electron chi connectivity index (χ1n) is 6.96. The molecule has 1 atom stereocenters. The Morgan fingerprint density at radius 3 is 2.95 bits per heavy atom. The minimum absolute atomic E-state index is 0.141. The number of aryl methyl sites for hydroxylation is 1. The van der Waals surface area contributed by atoms with E-state index < -0.39 is 5.92 Å². The molecule has 0 N–H and O–H groups in total. The molecule has 0 unspecified atom stereocenters. The van der Waals surface area contributed by atoms with Crippen LogP contribution in [0, 0.1) is 18.3 Å². The molecule has 1 aliphatic carbocycles. The second-order valence-corrected chi connectivity index (χ2v) is 7.15. The van der Waals surface area contributed by atoms with Gasteiger partial charge in [-0.3, -0.25) is 4.79 Å². The van der Waals surface area contributed by atoms with E-state index in [2.05, 4.69) is 21.3 Å². The van der Waals surface area contributed by atoms with E-state index in [1.807, 2.05) is 23.9 Å². The molecule has 1 aliphatic rings. The van der Waals surface area contributed by atoms with Gasteiger partial charge in [0.25, 0.3) is 0 Å². The van der Waals surface area contributed by atoms with Gasteiger partial charge in [-0.15, -0.1) is 21.5 Å². The van der Waals surface area contributed by atoms with Gasteiger partial charge in [-0.25, -0.2) is 4.98 Å². The third-order valence-electron chi connectivity index (χ3n) is 3.49. The van der Waals surface area contributed by atoms with Crippen LogP contribution >= 0.6 is 23.1 Å². The molecule has 0 bridgehead atoms. The number of carbonyl (C=O) groups excluding carboxylic acids is 1. The van der Waals surface area contributed by atoms with E-state index >= 15 is 0 Å². The van der Waals surface area contributed by atoms with E-state index in [4.69, 9.17) is 0 Å². The maximum atomic E-state index is 12.3. The Bertz CT molecular complexity index is 741. The van der Waals surface area contributed by atoms with E-state index in [0.717, 1.165) is 29.5 Å². The summed E-state index contributed by atoms with van der Waals surface area (Å²) < 4.78 is 1.95. The van der Waals surface area contributed by atoms with E-state index in [9.17, 15) is 10.1 Å². The van der Waals surface area contributed by atoms with Crippen molar-refractivity contribution in [3.8, 4) is 6.07 Å². The van der Waals surface area contributed by atoms with Crippen molar-refractivity contribution in [2.24, 2.45) is 7.05 Å². The SMILES string of the molecule is Cc1csc([C@H](C#N)C(=O)CSc2nnc(C3CC3)n2C)n1. The van der Waals surface area contributed by atoms with Crippen LogP contribution in [-0.4, -0.2) is 31.3 Å². The zero-order valence-electron chi connectivity index (χ0n) is 12.3. The molecule has 0 spiro atoms. The zero-order valence-corrected chi connectivity index (χ0v) is 13.9. The number of thiazole rings is 1. The molecule has 0 radical (unpaired) electrons. The van der Waals surface area contributed by atoms with Crippen LogP contribution in [0.2, 0.25) is 0 Å². The highest BCUT2D eigenvalue weighted by Crippen LogP contribution is 2.39. The highest BCUT2D eigenvalue weighted by Gasteiger charge is 2.30. The third kappa shape index (κ3) is 3.05. The van der Waals surface area contributed by atoms with Crippen LogP contribution in [0.1, 0.15) is 41.2 Å². The lowest BCUT2D eigenvalue weighted by Crippen LogP contribution is -2.13. The van der Waals surface area contributed by atoms with Crippen LogP contribution in [0.4, 0.5) is 0 Å². The predicted octanol–water partition coefficient (Wildman–Crippen LogP) is 2.43. The lowest BCUT2D eigenvalue weighted by Gasteiger charge is -2.05. The fraction of sp³-hybridized carbons (Fsp3) is 0.500. The van der Waals surface area contributed by atoms with Gasteiger partial charge in [0.1, 0.15) is 10.8 Å². The highest BCUT2D eigenvalue weighted by molar-refractivity contribution is 7.99. The van der Waals surface area contributed by atoms with Crippen molar-refractivity contribution in [2.75, 3.05) is 5.75 Å². The maximum Gasteiger partial charge on any atom is 0.191 e. The summed E-state index contributed by atoms with van der Waals surface area (Å²) in [5.41, 5.74) is 0.836. The topological polar surface area (TPSA) is 84.5 Å². The molecule has 0 saturated heterocycles. The minimum Gasteiger partial charge on any atom is -0.309 e. The number of Topliss-reactive ketones (excluding diaryl/α,β-unsaturated/α-hetero) is 1. The monoisotopic (exact) mass is 333 g/mol. The van der Waals surface area contributed by atoms with Crippen LogP contribution in [0.5, 0.6) is 0 Å². The number of hydrogen-bond acceptors (Lipinski definition) is 7. The lowest BCUT2D eigenvalue weighted by molar-refractivity contribution is -0.116. The number of carbonyl (C=O) groups is 1. The molecular formula is C14H15N5OS2. The standard InChI is InChI=1S/C14H15N5OS2/c1-8-6-21-13(16-8)10(5-15)11(20)7-22-14-18-17-12(19(14)2)9-3-4-9/h6,9-10H,3-4,7H2,1-2H3/t10-/m1/s1. The number of ketones is 1. The number of aromatic nitrogens is 4. The zero-order chi connectivity index (χ0) is 15.7. The normalized spacial score (nSPS) is 15.5. The van der Waals surface area contributed by atoms with Crippen LogP contribution in [0.25, 0.3) is 0 Å². The van der Waals surface area contributed by atoms with E-state index in [-0.39, 0.29) is 11.5 Å². The lowest BCUT2D eigenvalue weighted by atomic mass is 10.1. The van der Waals surface area contributed by atoms with Gasteiger partial charge in [0.15, 0.2) is 16.9 Å². The summed E-state index contributed by atoms with van der Waals surface area (Å²) in [5, 5.41) is 20.7. The molecule has 0 aromatic carbocycles. The molecule has 8 heteroatoms. The van der Waals surface area contributed by atoms with Gasteiger partial charge >= 0.3 is 0 Å². The van der Waals surface area contributed by atoms with Gasteiger partial charge in [-0.05, 0) is 19.8 Å². The first-order chi connectivity index (χ1) is 10.6. The first-order valence-corrected chi connectivity index (χ1v) is 8.83. The smallest absolute Gasteiger partial charge is 0.191 e. The Morgan fingerprint density at radius 2 is 2.36 bits per heavy atom. The Morgan fingerprint density at radius 1 is 1.59 bits per heavy atom. The molecule has 2 aromatic rings. The summed E-state index contributed by atoms with van der Waals surface area (Å²) in [6, 6.07) is 2.06. The second kappa shape index (κ2) is 6.18. The van der Waals surface area contributed by atoms with Gasteiger partial charge in [0.05, 0.1) is 11.8 Å². The highest BCUT2D eigenvalue weighted by atomic mass is 32.2. The molecule has 3 rings (SSSR count). The van der Waals surface area contributed by atoms with E-state index in [0.29, 0.717) is 10.9 Å². The van der Waals surface area contributed by atoms with Crippen molar-refractivity contribution in [2.45, 2.75) is 36.8 Å². The fourth-order valence-electron chi connectivity index (χ4n) is 2.14. The molecule has 2 aromatic heterocycles. The van der Waals surface area contributed by atoms with Gasteiger partial charge in [0.2, 0.25) is 0 Å². The predicted molar refractivity (Wildman–Crippen MR) is 83.9 cm³/mol. The number of hydrogen-bond donors (Lipinski definition) is 0. The number of thioether (sulfide) groups is 1. The Labute approximate surface area is 136 Å². The summed E-state index contributed by atoms with van der Waals surface area (Å²) >= 11 is 2.69. The minimum atomic E-state index is -0.790. The van der Waals surface area contributed by atoms with Gasteiger partial charge in [0, 0.05) is 24.0 Å². The second-order valence-electron chi connectivity index (χ2n) is 5.32. The van der Waals surface area contributed by atoms with Gasteiger partial charge < -0.3 is 4.57 Å². The summed E-state index contributed by atoms with van der Waals surface area (Å²) in [4.78, 5) is 16.5. The van der Waals surface area contributed by atoms with Crippen LogP contribution in [0.15, 0.2) is 10.5 Å². The first kappa shape index (κ1) is 15.2. The number of nitrogens with zero attached hydrogens (tertiary/aromatic N) is 5. The molecule has 22 heavy (non-hydrogen) atoms. The average molecular weight is 333 g/mol. The van der Waals surface area contributed by atoms with Gasteiger partial charge in [-0.1, -0.05) is 11.8 Å². The molecule has 2 heterocycles. The van der Waals surface area contributed by atoms with Crippen LogP contribution in [0.3, 0.4) is 0 Å². The molecule has 1 fully saturated rings. The Hall–Kier alpha value is -1.72. The molecule has 114 valence electrons. The summed E-state index contributed by atoms with van der Waals surface area (Å²) in [6.07, 6.45) is 2.32. The van der Waals surface area contributed by atoms with Crippen molar-refractivity contribution < 1.29 is 4.79 Å². The Balaban J connectivity index is 1.65. The van der Waals surface area contributed by atoms with Crippen molar-refractivity contribution in [1.82, 2.24) is 19.7 Å². The number of nitriles is 1. The summed E-state index contributed by atoms with van der Waals surface area (Å²) in [6.45, 7) is 1.85. The van der Waals surface area contributed by atoms with E-state index in [1.54, 1.807) is 0 Å². The third-order valence-corrected chi connectivity index (χ3v) is 5.56. The Kier molecular flexibility index (Phi) is 4.27.